The fourth-order valence-electron chi connectivity index (χ4n) is 5.23. The molecule has 2 aromatic rings. The van der Waals surface area contributed by atoms with Crippen molar-refractivity contribution < 1.29 is 4.79 Å². The maximum Gasteiger partial charge on any atom is 0.317 e. The molecule has 3 saturated heterocycles. The SMILES string of the molecule is O=C(NCc1cc2ccccc2[nH]1)N1C[C@@H]2CN3CCCC[C@@H]3[C@H]2C1. The molecular weight excluding hydrogens is 312 g/mol. The zero-order chi connectivity index (χ0) is 16.8. The van der Waals surface area contributed by atoms with Crippen LogP contribution in [0, 0.1) is 11.8 Å². The Labute approximate surface area is 148 Å². The van der Waals surface area contributed by atoms with Crippen LogP contribution in [0.15, 0.2) is 30.3 Å². The second kappa shape index (κ2) is 6.06. The van der Waals surface area contributed by atoms with Gasteiger partial charge in [0.25, 0.3) is 0 Å². The van der Waals surface area contributed by atoms with Crippen molar-refractivity contribution in [3.05, 3.63) is 36.0 Å². The minimum absolute atomic E-state index is 0.0930. The second-order valence-electron chi connectivity index (χ2n) is 7.93. The van der Waals surface area contributed by atoms with E-state index < -0.39 is 0 Å². The highest BCUT2D eigenvalue weighted by atomic mass is 16.2. The Bertz CT molecular complexity index is 752. The van der Waals surface area contributed by atoms with Gasteiger partial charge in [-0.3, -0.25) is 4.90 Å². The number of carbonyl (C=O) groups excluding carboxylic acids is 1. The lowest BCUT2D eigenvalue weighted by molar-refractivity contribution is 0.154. The summed E-state index contributed by atoms with van der Waals surface area (Å²) < 4.78 is 0. The summed E-state index contributed by atoms with van der Waals surface area (Å²) in [5, 5.41) is 4.30. The van der Waals surface area contributed by atoms with Crippen LogP contribution in [-0.4, -0.2) is 53.0 Å². The number of aromatic amines is 1. The Morgan fingerprint density at radius 3 is 3.04 bits per heavy atom. The summed E-state index contributed by atoms with van der Waals surface area (Å²) >= 11 is 0. The van der Waals surface area contributed by atoms with Crippen molar-refractivity contribution in [2.75, 3.05) is 26.2 Å². The van der Waals surface area contributed by atoms with E-state index in [0.29, 0.717) is 18.4 Å². The van der Waals surface area contributed by atoms with Crippen molar-refractivity contribution >= 4 is 16.9 Å². The van der Waals surface area contributed by atoms with E-state index in [9.17, 15) is 4.79 Å². The van der Waals surface area contributed by atoms with Gasteiger partial charge in [-0.1, -0.05) is 24.6 Å². The van der Waals surface area contributed by atoms with Gasteiger partial charge in [-0.05, 0) is 48.7 Å². The van der Waals surface area contributed by atoms with Crippen LogP contribution in [0.5, 0.6) is 0 Å². The van der Waals surface area contributed by atoms with E-state index in [2.05, 4.69) is 33.4 Å². The topological polar surface area (TPSA) is 51.4 Å². The lowest BCUT2D eigenvalue weighted by Crippen LogP contribution is -2.43. The zero-order valence-corrected chi connectivity index (χ0v) is 14.6. The number of piperidine rings is 1. The molecule has 3 atom stereocenters. The molecule has 0 saturated carbocycles. The molecule has 2 amide bonds. The Balaban J connectivity index is 1.20. The number of hydrogen-bond donors (Lipinski definition) is 2. The van der Waals surface area contributed by atoms with Gasteiger partial charge >= 0.3 is 6.03 Å². The molecule has 1 aromatic carbocycles. The second-order valence-corrected chi connectivity index (χ2v) is 7.93. The minimum Gasteiger partial charge on any atom is -0.357 e. The van der Waals surface area contributed by atoms with Crippen LogP contribution in [-0.2, 0) is 6.54 Å². The fourth-order valence-corrected chi connectivity index (χ4v) is 5.23. The highest BCUT2D eigenvalue weighted by molar-refractivity contribution is 5.80. The van der Waals surface area contributed by atoms with Gasteiger partial charge in [-0.25, -0.2) is 4.79 Å². The van der Waals surface area contributed by atoms with Crippen molar-refractivity contribution in [3.8, 4) is 0 Å². The summed E-state index contributed by atoms with van der Waals surface area (Å²) in [5.74, 6) is 1.38. The molecule has 132 valence electrons. The standard InChI is InChI=1S/C20H26N4O/c25-20(21-10-16-9-14-5-1-2-6-18(14)22-16)24-12-15-11-23-8-4-3-7-19(23)17(15)13-24/h1-2,5-6,9,15,17,19,22H,3-4,7-8,10-13H2,(H,21,25)/t15-,17-,19+/m0/s1. The number of para-hydroxylation sites is 1. The summed E-state index contributed by atoms with van der Waals surface area (Å²) in [7, 11) is 0. The average molecular weight is 338 g/mol. The molecule has 3 aliphatic rings. The van der Waals surface area contributed by atoms with Gasteiger partial charge in [-0.2, -0.15) is 0 Å². The first kappa shape index (κ1) is 15.3. The van der Waals surface area contributed by atoms with E-state index in [1.807, 2.05) is 17.0 Å². The minimum atomic E-state index is 0.0930. The number of nitrogens with one attached hydrogen (secondary N) is 2. The summed E-state index contributed by atoms with van der Waals surface area (Å²) in [6, 6.07) is 11.2. The molecule has 0 spiro atoms. The van der Waals surface area contributed by atoms with Crippen molar-refractivity contribution in [1.82, 2.24) is 20.1 Å². The molecule has 5 nitrogen and oxygen atoms in total. The van der Waals surface area contributed by atoms with Gasteiger partial charge in [0.2, 0.25) is 0 Å². The number of hydrogen-bond acceptors (Lipinski definition) is 2. The number of amides is 2. The van der Waals surface area contributed by atoms with Crippen LogP contribution in [0.3, 0.4) is 0 Å². The highest BCUT2D eigenvalue weighted by Crippen LogP contribution is 2.40. The predicted octanol–water partition coefficient (Wildman–Crippen LogP) is 2.79. The lowest BCUT2D eigenvalue weighted by atomic mass is 9.90. The first-order valence-corrected chi connectivity index (χ1v) is 9.61. The maximum absolute atomic E-state index is 12.6. The Morgan fingerprint density at radius 2 is 2.12 bits per heavy atom. The van der Waals surface area contributed by atoms with Gasteiger partial charge < -0.3 is 15.2 Å². The smallest absolute Gasteiger partial charge is 0.317 e. The molecule has 0 radical (unpaired) electrons. The highest BCUT2D eigenvalue weighted by Gasteiger charge is 2.48. The summed E-state index contributed by atoms with van der Waals surface area (Å²) in [6.07, 6.45) is 4.04. The molecule has 1 aromatic heterocycles. The summed E-state index contributed by atoms with van der Waals surface area (Å²) in [4.78, 5) is 20.7. The van der Waals surface area contributed by atoms with Crippen LogP contribution in [0.4, 0.5) is 4.79 Å². The van der Waals surface area contributed by atoms with E-state index in [1.165, 1.54) is 37.7 Å². The van der Waals surface area contributed by atoms with Crippen molar-refractivity contribution in [2.24, 2.45) is 11.8 Å². The number of H-pyrrole nitrogens is 1. The van der Waals surface area contributed by atoms with E-state index in [1.54, 1.807) is 0 Å². The van der Waals surface area contributed by atoms with Crippen molar-refractivity contribution in [3.63, 3.8) is 0 Å². The Morgan fingerprint density at radius 1 is 1.20 bits per heavy atom. The van der Waals surface area contributed by atoms with Gasteiger partial charge in [0.05, 0.1) is 6.54 Å². The molecular formula is C20H26N4O. The van der Waals surface area contributed by atoms with E-state index in [0.717, 1.165) is 30.3 Å². The number of urea groups is 1. The molecule has 0 unspecified atom stereocenters. The molecule has 3 fully saturated rings. The Hall–Kier alpha value is -2.01. The molecule has 4 heterocycles. The van der Waals surface area contributed by atoms with Crippen molar-refractivity contribution in [2.45, 2.75) is 31.8 Å². The predicted molar refractivity (Wildman–Crippen MR) is 98.3 cm³/mol. The molecule has 25 heavy (non-hydrogen) atoms. The van der Waals surface area contributed by atoms with Gasteiger partial charge in [0.15, 0.2) is 0 Å². The number of fused-ring (bicyclic) bond motifs is 4. The normalized spacial score (nSPS) is 29.0. The molecule has 5 rings (SSSR count). The molecule has 5 heteroatoms. The number of benzene rings is 1. The Kier molecular flexibility index (Phi) is 3.70. The van der Waals surface area contributed by atoms with Crippen LogP contribution >= 0.6 is 0 Å². The molecule has 2 N–H and O–H groups in total. The van der Waals surface area contributed by atoms with Gasteiger partial charge in [0.1, 0.15) is 0 Å². The monoisotopic (exact) mass is 338 g/mol. The average Bonchev–Trinajstić information content (AvgIpc) is 3.31. The lowest BCUT2D eigenvalue weighted by Gasteiger charge is -2.33. The number of likely N-dealkylation sites (tertiary alicyclic amines) is 1. The zero-order valence-electron chi connectivity index (χ0n) is 14.6. The van der Waals surface area contributed by atoms with Crippen LogP contribution in [0.2, 0.25) is 0 Å². The molecule has 0 aliphatic carbocycles. The summed E-state index contributed by atoms with van der Waals surface area (Å²) in [6.45, 7) is 4.89. The third-order valence-corrected chi connectivity index (χ3v) is 6.42. The number of aromatic nitrogens is 1. The van der Waals surface area contributed by atoms with Gasteiger partial charge in [-0.15, -0.1) is 0 Å². The largest absolute Gasteiger partial charge is 0.357 e. The fraction of sp³-hybridized carbons (Fsp3) is 0.550. The maximum atomic E-state index is 12.6. The number of nitrogens with zero attached hydrogens (tertiary/aromatic N) is 2. The van der Waals surface area contributed by atoms with E-state index >= 15 is 0 Å². The third-order valence-electron chi connectivity index (χ3n) is 6.42. The third kappa shape index (κ3) is 2.71. The first-order chi connectivity index (χ1) is 12.3. The number of rotatable bonds is 2. The summed E-state index contributed by atoms with van der Waals surface area (Å²) in [5.41, 5.74) is 2.19. The molecule has 3 aliphatic heterocycles. The van der Waals surface area contributed by atoms with E-state index in [-0.39, 0.29) is 6.03 Å². The van der Waals surface area contributed by atoms with Crippen LogP contribution in [0.1, 0.15) is 25.0 Å². The van der Waals surface area contributed by atoms with Crippen molar-refractivity contribution in [1.29, 1.82) is 0 Å². The van der Waals surface area contributed by atoms with E-state index in [4.69, 9.17) is 0 Å². The quantitative estimate of drug-likeness (QED) is 0.885. The first-order valence-electron chi connectivity index (χ1n) is 9.61. The van der Waals surface area contributed by atoms with Crippen LogP contribution < -0.4 is 5.32 Å². The number of carbonyl (C=O) groups is 1. The molecule has 0 bridgehead atoms. The van der Waals surface area contributed by atoms with Crippen LogP contribution in [0.25, 0.3) is 10.9 Å². The van der Waals surface area contributed by atoms with Gasteiger partial charge in [0, 0.05) is 36.9 Å².